The minimum Gasteiger partial charge on any atom is -0.198 e. The maximum atomic E-state index is 4.65. The molecule has 0 aliphatic rings. The van der Waals surface area contributed by atoms with Crippen LogP contribution in [0, 0.1) is 6.92 Å². The number of rotatable bonds is 4. The van der Waals surface area contributed by atoms with Gasteiger partial charge in [-0.3, -0.25) is 0 Å². The van der Waals surface area contributed by atoms with E-state index in [4.69, 9.17) is 0 Å². The molecular formula is C15H16N8S. The lowest BCUT2D eigenvalue weighted by molar-refractivity contribution is 0.719. The second-order valence-electron chi connectivity index (χ2n) is 5.88. The number of aryl methyl sites for hydroxylation is 1. The van der Waals surface area contributed by atoms with Crippen molar-refractivity contribution in [3.05, 3.63) is 46.5 Å². The fourth-order valence-corrected chi connectivity index (χ4v) is 3.38. The van der Waals surface area contributed by atoms with Gasteiger partial charge in [0.2, 0.25) is 4.96 Å². The van der Waals surface area contributed by atoms with Crippen molar-refractivity contribution in [1.29, 1.82) is 0 Å². The molecule has 0 aliphatic carbocycles. The summed E-state index contributed by atoms with van der Waals surface area (Å²) in [5, 5.41) is 25.6. The fourth-order valence-electron chi connectivity index (χ4n) is 2.50. The van der Waals surface area contributed by atoms with Crippen LogP contribution in [0.15, 0.2) is 24.3 Å². The fraction of sp³-hybridized carbons (Fsp3) is 0.333. The first-order valence-corrected chi connectivity index (χ1v) is 8.49. The van der Waals surface area contributed by atoms with Gasteiger partial charge in [-0.05, 0) is 35.0 Å². The summed E-state index contributed by atoms with van der Waals surface area (Å²) in [5.74, 6) is 1.96. The van der Waals surface area contributed by atoms with E-state index >= 15 is 0 Å². The molecule has 24 heavy (non-hydrogen) atoms. The molecule has 3 heterocycles. The maximum absolute atomic E-state index is 4.65. The lowest BCUT2D eigenvalue weighted by Gasteiger charge is -2.03. The van der Waals surface area contributed by atoms with Crippen molar-refractivity contribution in [2.24, 2.45) is 0 Å². The van der Waals surface area contributed by atoms with Gasteiger partial charge >= 0.3 is 0 Å². The Morgan fingerprint density at radius 3 is 2.54 bits per heavy atom. The van der Waals surface area contributed by atoms with Gasteiger partial charge in [-0.1, -0.05) is 37.3 Å². The van der Waals surface area contributed by atoms with Crippen molar-refractivity contribution in [3.63, 3.8) is 0 Å². The van der Waals surface area contributed by atoms with Gasteiger partial charge in [0.25, 0.3) is 0 Å². The van der Waals surface area contributed by atoms with Crippen LogP contribution < -0.4 is 0 Å². The Morgan fingerprint density at radius 1 is 1.08 bits per heavy atom. The number of hydrogen-bond donors (Lipinski definition) is 0. The third-order valence-corrected chi connectivity index (χ3v) is 4.63. The van der Waals surface area contributed by atoms with E-state index < -0.39 is 0 Å². The van der Waals surface area contributed by atoms with Crippen LogP contribution in [0.1, 0.15) is 42.0 Å². The quantitative estimate of drug-likeness (QED) is 0.566. The minimum atomic E-state index is 0.300. The van der Waals surface area contributed by atoms with E-state index in [1.165, 1.54) is 5.56 Å². The van der Waals surface area contributed by atoms with Crippen LogP contribution >= 0.6 is 11.3 Å². The lowest BCUT2D eigenvalue weighted by atomic mass is 10.1. The monoisotopic (exact) mass is 340 g/mol. The molecule has 0 saturated heterocycles. The Hall–Kier alpha value is -2.68. The van der Waals surface area contributed by atoms with Crippen LogP contribution in [-0.2, 0) is 6.42 Å². The maximum Gasteiger partial charge on any atom is 0.234 e. The van der Waals surface area contributed by atoms with E-state index in [-0.39, 0.29) is 0 Å². The molecule has 0 unspecified atom stereocenters. The molecule has 0 amide bonds. The van der Waals surface area contributed by atoms with Gasteiger partial charge in [0.15, 0.2) is 11.6 Å². The van der Waals surface area contributed by atoms with Crippen molar-refractivity contribution < 1.29 is 0 Å². The second kappa shape index (κ2) is 5.75. The van der Waals surface area contributed by atoms with E-state index in [1.807, 2.05) is 23.6 Å². The highest BCUT2D eigenvalue weighted by atomic mass is 32.1. The van der Waals surface area contributed by atoms with Crippen LogP contribution in [0.3, 0.4) is 0 Å². The number of nitrogens with zero attached hydrogens (tertiary/aromatic N) is 8. The van der Waals surface area contributed by atoms with E-state index in [0.29, 0.717) is 5.92 Å². The van der Waals surface area contributed by atoms with Crippen LogP contribution in [0.4, 0.5) is 0 Å². The standard InChI is InChI=1S/C15H16N8S/c1-9(2)14-17-18-15-23(14)19-13(24-15)8-11-4-6-12(7-5-11)22-10(3)16-20-21-22/h4-7,9H,8H2,1-3H3. The molecule has 0 atom stereocenters. The van der Waals surface area contributed by atoms with Crippen LogP contribution in [0.5, 0.6) is 0 Å². The van der Waals surface area contributed by atoms with E-state index in [0.717, 1.165) is 33.7 Å². The molecule has 1 aromatic carbocycles. The Kier molecular flexibility index (Phi) is 3.57. The summed E-state index contributed by atoms with van der Waals surface area (Å²) in [5.41, 5.74) is 2.13. The molecule has 122 valence electrons. The molecule has 0 N–H and O–H groups in total. The number of hydrogen-bond acceptors (Lipinski definition) is 7. The van der Waals surface area contributed by atoms with Crippen molar-refractivity contribution in [3.8, 4) is 5.69 Å². The third-order valence-electron chi connectivity index (χ3n) is 3.73. The first kappa shape index (κ1) is 14.9. The van der Waals surface area contributed by atoms with Gasteiger partial charge in [0.1, 0.15) is 5.01 Å². The molecule has 0 saturated carbocycles. The molecule has 0 aliphatic heterocycles. The lowest BCUT2D eigenvalue weighted by Crippen LogP contribution is -2.00. The highest BCUT2D eigenvalue weighted by Gasteiger charge is 2.14. The number of aromatic nitrogens is 8. The van der Waals surface area contributed by atoms with Crippen LogP contribution in [0.2, 0.25) is 0 Å². The Labute approximate surface area is 142 Å². The third kappa shape index (κ3) is 2.56. The largest absolute Gasteiger partial charge is 0.234 e. The normalized spacial score (nSPS) is 11.7. The number of tetrazole rings is 1. The van der Waals surface area contributed by atoms with Gasteiger partial charge < -0.3 is 0 Å². The van der Waals surface area contributed by atoms with Crippen molar-refractivity contribution in [2.75, 3.05) is 0 Å². The molecule has 4 aromatic rings. The van der Waals surface area contributed by atoms with Crippen LogP contribution in [0.25, 0.3) is 10.6 Å². The average Bonchev–Trinajstić information content (AvgIpc) is 3.23. The zero-order valence-electron chi connectivity index (χ0n) is 13.6. The Balaban J connectivity index is 1.58. The van der Waals surface area contributed by atoms with Crippen molar-refractivity contribution in [2.45, 2.75) is 33.1 Å². The molecular weight excluding hydrogens is 324 g/mol. The highest BCUT2D eigenvalue weighted by molar-refractivity contribution is 7.16. The predicted octanol–water partition coefficient (Wildman–Crippen LogP) is 2.18. The summed E-state index contributed by atoms with van der Waals surface area (Å²) in [6.07, 6.45) is 0.764. The molecule has 4 rings (SSSR count). The molecule has 3 aromatic heterocycles. The first-order valence-electron chi connectivity index (χ1n) is 7.67. The topological polar surface area (TPSA) is 86.7 Å². The summed E-state index contributed by atoms with van der Waals surface area (Å²) in [6.45, 7) is 6.06. The first-order chi connectivity index (χ1) is 11.6. The van der Waals surface area contributed by atoms with Gasteiger partial charge in [0, 0.05) is 12.3 Å². The summed E-state index contributed by atoms with van der Waals surface area (Å²) in [4.78, 5) is 0.842. The van der Waals surface area contributed by atoms with E-state index in [2.05, 4.69) is 56.8 Å². The van der Waals surface area contributed by atoms with Gasteiger partial charge in [-0.2, -0.15) is 14.3 Å². The molecule has 9 heteroatoms. The van der Waals surface area contributed by atoms with Gasteiger partial charge in [0.05, 0.1) is 5.69 Å². The number of benzene rings is 1. The zero-order valence-corrected chi connectivity index (χ0v) is 14.4. The van der Waals surface area contributed by atoms with Crippen molar-refractivity contribution in [1.82, 2.24) is 40.0 Å². The Morgan fingerprint density at radius 2 is 1.88 bits per heavy atom. The second-order valence-corrected chi connectivity index (χ2v) is 6.92. The van der Waals surface area contributed by atoms with Gasteiger partial charge in [-0.25, -0.2) is 0 Å². The molecule has 8 nitrogen and oxygen atoms in total. The van der Waals surface area contributed by atoms with Gasteiger partial charge in [-0.15, -0.1) is 15.3 Å². The minimum absolute atomic E-state index is 0.300. The summed E-state index contributed by atoms with van der Waals surface area (Å²) in [7, 11) is 0. The predicted molar refractivity (Wildman–Crippen MR) is 89.4 cm³/mol. The highest BCUT2D eigenvalue weighted by Crippen LogP contribution is 2.21. The van der Waals surface area contributed by atoms with Crippen LogP contribution in [-0.4, -0.2) is 40.0 Å². The molecule has 0 bridgehead atoms. The molecule has 0 fully saturated rings. The Bertz CT molecular complexity index is 979. The smallest absolute Gasteiger partial charge is 0.198 e. The van der Waals surface area contributed by atoms with E-state index in [1.54, 1.807) is 16.0 Å². The van der Waals surface area contributed by atoms with Crippen molar-refractivity contribution >= 4 is 16.3 Å². The van der Waals surface area contributed by atoms with E-state index in [9.17, 15) is 0 Å². The average molecular weight is 340 g/mol. The molecule has 0 spiro atoms. The summed E-state index contributed by atoms with van der Waals surface area (Å²) < 4.78 is 3.56. The summed E-state index contributed by atoms with van der Waals surface area (Å²) in [6, 6.07) is 8.17. The molecule has 0 radical (unpaired) electrons. The number of fused-ring (bicyclic) bond motifs is 1. The SMILES string of the molecule is Cc1nnnn1-c1ccc(Cc2nn3c(C(C)C)nnc3s2)cc1. The summed E-state index contributed by atoms with van der Waals surface area (Å²) >= 11 is 1.58. The zero-order chi connectivity index (χ0) is 16.7.